The van der Waals surface area contributed by atoms with Gasteiger partial charge in [-0.25, -0.2) is 0 Å². The molecule has 0 saturated heterocycles. The summed E-state index contributed by atoms with van der Waals surface area (Å²) in [7, 11) is 1.74. The first-order valence-electron chi connectivity index (χ1n) is 3.70. The van der Waals surface area contributed by atoms with Crippen LogP contribution in [0.3, 0.4) is 0 Å². The van der Waals surface area contributed by atoms with Crippen molar-refractivity contribution in [2.75, 3.05) is 19.0 Å². The third-order valence-electron chi connectivity index (χ3n) is 1.64. The van der Waals surface area contributed by atoms with Crippen molar-refractivity contribution in [1.82, 2.24) is 0 Å². The molecular weight excluding hydrogens is 154 g/mol. The second-order valence-electron chi connectivity index (χ2n) is 2.38. The van der Waals surface area contributed by atoms with E-state index in [1.807, 2.05) is 6.07 Å². The molecule has 64 valence electrons. The van der Waals surface area contributed by atoms with E-state index in [1.165, 1.54) is 0 Å². The highest BCUT2D eigenvalue weighted by Crippen LogP contribution is 2.13. The average molecular weight is 165 g/mol. The summed E-state index contributed by atoms with van der Waals surface area (Å²) in [4.78, 5) is 11.1. The molecular formula is C9H11NO2. The van der Waals surface area contributed by atoms with Crippen LogP contribution in [0.15, 0.2) is 24.3 Å². The molecule has 0 bridgehead atoms. The molecule has 0 aliphatic rings. The number of anilines is 1. The van der Waals surface area contributed by atoms with Gasteiger partial charge in [-0.3, -0.25) is 4.79 Å². The normalized spacial score (nSPS) is 9.50. The van der Waals surface area contributed by atoms with Crippen LogP contribution < -0.4 is 5.32 Å². The molecule has 3 nitrogen and oxygen atoms in total. The fourth-order valence-electron chi connectivity index (χ4n) is 1.03. The summed E-state index contributed by atoms with van der Waals surface area (Å²) >= 11 is 0. The molecule has 0 saturated carbocycles. The lowest BCUT2D eigenvalue weighted by Crippen LogP contribution is -2.07. The Morgan fingerprint density at radius 1 is 1.50 bits per heavy atom. The molecule has 0 aromatic heterocycles. The summed E-state index contributed by atoms with van der Waals surface area (Å²) in [6.07, 6.45) is 0. The zero-order valence-electron chi connectivity index (χ0n) is 6.87. The van der Waals surface area contributed by atoms with E-state index in [0.29, 0.717) is 5.56 Å². The van der Waals surface area contributed by atoms with Crippen molar-refractivity contribution >= 4 is 11.5 Å². The van der Waals surface area contributed by atoms with E-state index in [1.54, 1.807) is 25.2 Å². The molecule has 1 rings (SSSR count). The van der Waals surface area contributed by atoms with E-state index < -0.39 is 6.61 Å². The van der Waals surface area contributed by atoms with Crippen molar-refractivity contribution in [2.24, 2.45) is 0 Å². The van der Waals surface area contributed by atoms with E-state index in [2.05, 4.69) is 5.32 Å². The van der Waals surface area contributed by atoms with Gasteiger partial charge in [0, 0.05) is 18.3 Å². The standard InChI is InChI=1S/C9H11NO2/c1-10-8-5-3-2-4-7(8)9(12)6-11/h2-5,10-11H,6H2,1H3. The molecule has 0 radical (unpaired) electrons. The fraction of sp³-hybridized carbons (Fsp3) is 0.222. The summed E-state index contributed by atoms with van der Waals surface area (Å²) < 4.78 is 0. The van der Waals surface area contributed by atoms with E-state index in [-0.39, 0.29) is 5.78 Å². The molecule has 12 heavy (non-hydrogen) atoms. The minimum absolute atomic E-state index is 0.264. The molecule has 2 N–H and O–H groups in total. The number of aliphatic hydroxyl groups is 1. The first kappa shape index (κ1) is 8.74. The van der Waals surface area contributed by atoms with Crippen LogP contribution in [-0.2, 0) is 0 Å². The van der Waals surface area contributed by atoms with Gasteiger partial charge in [0.1, 0.15) is 6.61 Å². The summed E-state index contributed by atoms with van der Waals surface area (Å²) in [5.41, 5.74) is 1.28. The quantitative estimate of drug-likeness (QED) is 0.654. The number of hydrogen-bond acceptors (Lipinski definition) is 3. The highest BCUT2D eigenvalue weighted by Gasteiger charge is 2.07. The highest BCUT2D eigenvalue weighted by atomic mass is 16.3. The van der Waals surface area contributed by atoms with Gasteiger partial charge in [-0.1, -0.05) is 12.1 Å². The predicted octanol–water partition coefficient (Wildman–Crippen LogP) is 0.903. The minimum atomic E-state index is -0.446. The van der Waals surface area contributed by atoms with Crippen LogP contribution in [0.1, 0.15) is 10.4 Å². The van der Waals surface area contributed by atoms with E-state index in [4.69, 9.17) is 5.11 Å². The van der Waals surface area contributed by atoms with E-state index >= 15 is 0 Å². The van der Waals surface area contributed by atoms with Gasteiger partial charge in [0.15, 0.2) is 5.78 Å². The molecule has 3 heteroatoms. The Balaban J connectivity index is 3.04. The second kappa shape index (κ2) is 3.88. The maximum Gasteiger partial charge on any atom is 0.190 e. The summed E-state index contributed by atoms with van der Waals surface area (Å²) in [5, 5.41) is 11.5. The largest absolute Gasteiger partial charge is 0.388 e. The number of carbonyl (C=O) groups is 1. The van der Waals surface area contributed by atoms with E-state index in [0.717, 1.165) is 5.69 Å². The zero-order valence-corrected chi connectivity index (χ0v) is 6.87. The monoisotopic (exact) mass is 165 g/mol. The number of rotatable bonds is 3. The Hall–Kier alpha value is -1.35. The molecule has 1 aromatic carbocycles. The summed E-state index contributed by atoms with van der Waals surface area (Å²) in [5.74, 6) is -0.264. The van der Waals surface area contributed by atoms with Crippen LogP contribution in [0.5, 0.6) is 0 Å². The number of hydrogen-bond donors (Lipinski definition) is 2. The Morgan fingerprint density at radius 3 is 2.75 bits per heavy atom. The maximum atomic E-state index is 11.1. The van der Waals surface area contributed by atoms with Crippen LogP contribution in [-0.4, -0.2) is 24.5 Å². The first-order chi connectivity index (χ1) is 5.79. The van der Waals surface area contributed by atoms with Gasteiger partial charge in [-0.2, -0.15) is 0 Å². The van der Waals surface area contributed by atoms with Crippen molar-refractivity contribution in [3.05, 3.63) is 29.8 Å². The number of benzene rings is 1. The molecule has 0 aliphatic heterocycles. The second-order valence-corrected chi connectivity index (χ2v) is 2.38. The van der Waals surface area contributed by atoms with E-state index in [9.17, 15) is 4.79 Å². The van der Waals surface area contributed by atoms with Crippen molar-refractivity contribution in [3.8, 4) is 0 Å². The van der Waals surface area contributed by atoms with Crippen molar-refractivity contribution in [2.45, 2.75) is 0 Å². The fourth-order valence-corrected chi connectivity index (χ4v) is 1.03. The van der Waals surface area contributed by atoms with Crippen molar-refractivity contribution in [3.63, 3.8) is 0 Å². The predicted molar refractivity (Wildman–Crippen MR) is 47.4 cm³/mol. The molecule has 0 atom stereocenters. The lowest BCUT2D eigenvalue weighted by molar-refractivity contribution is 0.0904. The summed E-state index contributed by atoms with van der Waals surface area (Å²) in [6, 6.07) is 7.08. The molecule has 0 spiro atoms. The Kier molecular flexibility index (Phi) is 2.82. The SMILES string of the molecule is CNc1ccccc1C(=O)CO. The van der Waals surface area contributed by atoms with Gasteiger partial charge in [0.05, 0.1) is 0 Å². The van der Waals surface area contributed by atoms with Crippen molar-refractivity contribution < 1.29 is 9.90 Å². The molecule has 0 heterocycles. The average Bonchev–Trinajstić information content (AvgIpc) is 2.16. The van der Waals surface area contributed by atoms with Crippen LogP contribution in [0.25, 0.3) is 0 Å². The number of aliphatic hydroxyl groups excluding tert-OH is 1. The van der Waals surface area contributed by atoms with Gasteiger partial charge in [0.25, 0.3) is 0 Å². The lowest BCUT2D eigenvalue weighted by atomic mass is 10.1. The Bertz CT molecular complexity index is 284. The Morgan fingerprint density at radius 2 is 2.17 bits per heavy atom. The van der Waals surface area contributed by atoms with Crippen LogP contribution in [0, 0.1) is 0 Å². The maximum absolute atomic E-state index is 11.1. The zero-order chi connectivity index (χ0) is 8.97. The van der Waals surface area contributed by atoms with Crippen molar-refractivity contribution in [1.29, 1.82) is 0 Å². The molecule has 0 aliphatic carbocycles. The number of para-hydroxylation sites is 1. The number of nitrogens with one attached hydrogen (secondary N) is 1. The van der Waals surface area contributed by atoms with Crippen LogP contribution in [0.2, 0.25) is 0 Å². The van der Waals surface area contributed by atoms with Crippen LogP contribution in [0.4, 0.5) is 5.69 Å². The van der Waals surface area contributed by atoms with Gasteiger partial charge in [0.2, 0.25) is 0 Å². The molecule has 0 amide bonds. The topological polar surface area (TPSA) is 49.3 Å². The first-order valence-corrected chi connectivity index (χ1v) is 3.70. The van der Waals surface area contributed by atoms with Gasteiger partial charge >= 0.3 is 0 Å². The summed E-state index contributed by atoms with van der Waals surface area (Å²) in [6.45, 7) is -0.446. The third-order valence-corrected chi connectivity index (χ3v) is 1.64. The minimum Gasteiger partial charge on any atom is -0.388 e. The van der Waals surface area contributed by atoms with Gasteiger partial charge in [-0.05, 0) is 12.1 Å². The number of carbonyl (C=O) groups excluding carboxylic acids is 1. The third kappa shape index (κ3) is 1.62. The molecule has 0 unspecified atom stereocenters. The highest BCUT2D eigenvalue weighted by molar-refractivity contribution is 6.01. The van der Waals surface area contributed by atoms with Gasteiger partial charge < -0.3 is 10.4 Å². The Labute approximate surface area is 71.0 Å². The van der Waals surface area contributed by atoms with Crippen LogP contribution >= 0.6 is 0 Å². The molecule has 1 aromatic rings. The smallest absolute Gasteiger partial charge is 0.190 e. The number of Topliss-reactive ketones (excluding diaryl/α,β-unsaturated/α-hetero) is 1. The molecule has 0 fully saturated rings. The van der Waals surface area contributed by atoms with Gasteiger partial charge in [-0.15, -0.1) is 0 Å². The lowest BCUT2D eigenvalue weighted by Gasteiger charge is -2.05. The number of ketones is 1.